The highest BCUT2D eigenvalue weighted by Crippen LogP contribution is 2.17. The standard InChI is InChI=1S/C8H10FN/c1-5-3-4-7(10)6(2)8(5)9/h3-4H,10H2,1-2H3. The third kappa shape index (κ3) is 0.967. The Labute approximate surface area is 59.7 Å². The van der Waals surface area contributed by atoms with Crippen LogP contribution >= 0.6 is 0 Å². The molecule has 0 aliphatic rings. The molecule has 0 fully saturated rings. The van der Waals surface area contributed by atoms with E-state index in [9.17, 15) is 4.39 Å². The maximum Gasteiger partial charge on any atom is 0.131 e. The summed E-state index contributed by atoms with van der Waals surface area (Å²) in [5, 5.41) is 0. The van der Waals surface area contributed by atoms with Crippen LogP contribution < -0.4 is 5.73 Å². The molecule has 2 N–H and O–H groups in total. The van der Waals surface area contributed by atoms with Gasteiger partial charge in [-0.05, 0) is 25.5 Å². The first-order valence-corrected chi connectivity index (χ1v) is 3.14. The lowest BCUT2D eigenvalue weighted by atomic mass is 10.1. The fourth-order valence-electron chi connectivity index (χ4n) is 0.835. The average Bonchev–Trinajstić information content (AvgIpc) is 1.93. The summed E-state index contributed by atoms with van der Waals surface area (Å²) >= 11 is 0. The van der Waals surface area contributed by atoms with Crippen molar-refractivity contribution in [3.8, 4) is 0 Å². The minimum atomic E-state index is -0.194. The van der Waals surface area contributed by atoms with Gasteiger partial charge in [-0.15, -0.1) is 0 Å². The highest BCUT2D eigenvalue weighted by Gasteiger charge is 2.02. The van der Waals surface area contributed by atoms with Crippen molar-refractivity contribution >= 4 is 5.69 Å². The lowest BCUT2D eigenvalue weighted by molar-refractivity contribution is 0.610. The Morgan fingerprint density at radius 3 is 2.40 bits per heavy atom. The molecular weight excluding hydrogens is 129 g/mol. The molecule has 10 heavy (non-hydrogen) atoms. The van der Waals surface area contributed by atoms with Gasteiger partial charge in [-0.1, -0.05) is 6.07 Å². The summed E-state index contributed by atoms with van der Waals surface area (Å²) < 4.78 is 12.9. The van der Waals surface area contributed by atoms with Crippen LogP contribution in [0.5, 0.6) is 0 Å². The zero-order chi connectivity index (χ0) is 7.72. The monoisotopic (exact) mass is 139 g/mol. The fraction of sp³-hybridized carbons (Fsp3) is 0.250. The van der Waals surface area contributed by atoms with E-state index in [1.807, 2.05) is 0 Å². The Bertz CT molecular complexity index is 229. The van der Waals surface area contributed by atoms with Crippen LogP contribution in [0.1, 0.15) is 11.1 Å². The van der Waals surface area contributed by atoms with Gasteiger partial charge in [-0.25, -0.2) is 4.39 Å². The van der Waals surface area contributed by atoms with Gasteiger partial charge in [0.15, 0.2) is 0 Å². The summed E-state index contributed by atoms with van der Waals surface area (Å²) in [5.41, 5.74) is 7.15. The first-order chi connectivity index (χ1) is 4.63. The summed E-state index contributed by atoms with van der Waals surface area (Å²) in [6.45, 7) is 3.40. The summed E-state index contributed by atoms with van der Waals surface area (Å²) in [5.74, 6) is -0.194. The van der Waals surface area contributed by atoms with E-state index >= 15 is 0 Å². The molecule has 0 heterocycles. The topological polar surface area (TPSA) is 26.0 Å². The smallest absolute Gasteiger partial charge is 0.131 e. The lowest BCUT2D eigenvalue weighted by Crippen LogP contribution is -1.94. The molecule has 0 aromatic heterocycles. The molecule has 0 saturated carbocycles. The van der Waals surface area contributed by atoms with E-state index in [1.54, 1.807) is 26.0 Å². The van der Waals surface area contributed by atoms with Gasteiger partial charge in [-0.2, -0.15) is 0 Å². The third-order valence-electron chi connectivity index (χ3n) is 1.62. The van der Waals surface area contributed by atoms with Gasteiger partial charge in [0, 0.05) is 11.3 Å². The molecule has 0 radical (unpaired) electrons. The third-order valence-corrected chi connectivity index (χ3v) is 1.62. The van der Waals surface area contributed by atoms with E-state index in [1.165, 1.54) is 0 Å². The van der Waals surface area contributed by atoms with Crippen LogP contribution in [0.15, 0.2) is 12.1 Å². The van der Waals surface area contributed by atoms with Gasteiger partial charge in [0.2, 0.25) is 0 Å². The van der Waals surface area contributed by atoms with Gasteiger partial charge in [0.25, 0.3) is 0 Å². The zero-order valence-electron chi connectivity index (χ0n) is 6.11. The molecule has 0 saturated heterocycles. The molecule has 1 aromatic carbocycles. The maximum absolute atomic E-state index is 12.9. The first-order valence-electron chi connectivity index (χ1n) is 3.14. The summed E-state index contributed by atoms with van der Waals surface area (Å²) in [4.78, 5) is 0. The van der Waals surface area contributed by atoms with Crippen molar-refractivity contribution in [2.24, 2.45) is 0 Å². The minimum Gasteiger partial charge on any atom is -0.398 e. The molecule has 0 spiro atoms. The number of rotatable bonds is 0. The van der Waals surface area contributed by atoms with Crippen LogP contribution in [-0.2, 0) is 0 Å². The molecule has 1 aromatic rings. The van der Waals surface area contributed by atoms with Crippen molar-refractivity contribution in [3.05, 3.63) is 29.1 Å². The van der Waals surface area contributed by atoms with E-state index in [2.05, 4.69) is 0 Å². The largest absolute Gasteiger partial charge is 0.398 e. The number of nitrogens with two attached hydrogens (primary N) is 1. The van der Waals surface area contributed by atoms with Crippen LogP contribution in [-0.4, -0.2) is 0 Å². The van der Waals surface area contributed by atoms with Crippen molar-refractivity contribution < 1.29 is 4.39 Å². The molecule has 0 bridgehead atoms. The van der Waals surface area contributed by atoms with Crippen LogP contribution in [0.4, 0.5) is 10.1 Å². The summed E-state index contributed by atoms with van der Waals surface area (Å²) in [7, 11) is 0. The molecule has 2 heteroatoms. The highest BCUT2D eigenvalue weighted by atomic mass is 19.1. The van der Waals surface area contributed by atoms with E-state index in [0.29, 0.717) is 16.8 Å². The number of aryl methyl sites for hydroxylation is 1. The second kappa shape index (κ2) is 2.29. The molecule has 1 rings (SSSR count). The van der Waals surface area contributed by atoms with Crippen molar-refractivity contribution in [3.63, 3.8) is 0 Å². The molecular formula is C8H10FN. The molecule has 1 nitrogen and oxygen atoms in total. The predicted octanol–water partition coefficient (Wildman–Crippen LogP) is 2.02. The van der Waals surface area contributed by atoms with Gasteiger partial charge in [-0.3, -0.25) is 0 Å². The Morgan fingerprint density at radius 1 is 1.30 bits per heavy atom. The number of halogens is 1. The number of nitrogen functional groups attached to an aromatic ring is 1. The second-order valence-corrected chi connectivity index (χ2v) is 2.41. The van der Waals surface area contributed by atoms with Crippen molar-refractivity contribution in [1.82, 2.24) is 0 Å². The van der Waals surface area contributed by atoms with E-state index in [-0.39, 0.29) is 5.82 Å². The number of benzene rings is 1. The van der Waals surface area contributed by atoms with Crippen molar-refractivity contribution in [1.29, 1.82) is 0 Å². The van der Waals surface area contributed by atoms with Crippen LogP contribution in [0.3, 0.4) is 0 Å². The van der Waals surface area contributed by atoms with Gasteiger partial charge >= 0.3 is 0 Å². The fourth-order valence-corrected chi connectivity index (χ4v) is 0.835. The van der Waals surface area contributed by atoms with Crippen molar-refractivity contribution in [2.45, 2.75) is 13.8 Å². The molecule has 54 valence electrons. The molecule has 0 aliphatic carbocycles. The highest BCUT2D eigenvalue weighted by molar-refractivity contribution is 5.48. The van der Waals surface area contributed by atoms with Gasteiger partial charge in [0.05, 0.1) is 0 Å². The minimum absolute atomic E-state index is 0.194. The molecule has 0 amide bonds. The van der Waals surface area contributed by atoms with Gasteiger partial charge in [0.1, 0.15) is 5.82 Å². The molecule has 0 unspecified atom stereocenters. The van der Waals surface area contributed by atoms with E-state index < -0.39 is 0 Å². The van der Waals surface area contributed by atoms with Gasteiger partial charge < -0.3 is 5.73 Å². The molecule has 0 atom stereocenters. The number of anilines is 1. The Balaban J connectivity index is 3.34. The van der Waals surface area contributed by atoms with Crippen molar-refractivity contribution in [2.75, 3.05) is 5.73 Å². The van der Waals surface area contributed by atoms with E-state index in [4.69, 9.17) is 5.73 Å². The predicted molar refractivity (Wildman–Crippen MR) is 40.3 cm³/mol. The Kier molecular flexibility index (Phi) is 1.62. The Morgan fingerprint density at radius 2 is 1.90 bits per heavy atom. The second-order valence-electron chi connectivity index (χ2n) is 2.41. The quantitative estimate of drug-likeness (QED) is 0.547. The molecule has 0 aliphatic heterocycles. The van der Waals surface area contributed by atoms with Crippen LogP contribution in [0.25, 0.3) is 0 Å². The van der Waals surface area contributed by atoms with Crippen LogP contribution in [0.2, 0.25) is 0 Å². The average molecular weight is 139 g/mol. The lowest BCUT2D eigenvalue weighted by Gasteiger charge is -2.02. The number of hydrogen-bond acceptors (Lipinski definition) is 1. The van der Waals surface area contributed by atoms with E-state index in [0.717, 1.165) is 0 Å². The zero-order valence-corrected chi connectivity index (χ0v) is 6.11. The van der Waals surface area contributed by atoms with Crippen LogP contribution in [0, 0.1) is 19.7 Å². The Hall–Kier alpha value is -1.05. The normalized spacial score (nSPS) is 9.90. The SMILES string of the molecule is Cc1ccc(N)c(C)c1F. The summed E-state index contributed by atoms with van der Waals surface area (Å²) in [6, 6.07) is 3.39. The number of hydrogen-bond donors (Lipinski definition) is 1. The summed E-state index contributed by atoms with van der Waals surface area (Å²) in [6.07, 6.45) is 0. The maximum atomic E-state index is 12.9. The first kappa shape index (κ1) is 7.06.